The number of ether oxygens (including phenoxy) is 2. The van der Waals surface area contributed by atoms with E-state index in [9.17, 15) is 9.59 Å². The SMILES string of the molecule is CCOCCCNC(=O)NC(=O)CSc1nc2ccc(OC)cc2[nH]1. The molecule has 0 fully saturated rings. The molecule has 25 heavy (non-hydrogen) atoms. The lowest BCUT2D eigenvalue weighted by atomic mass is 10.3. The molecule has 0 spiro atoms. The van der Waals surface area contributed by atoms with E-state index in [-0.39, 0.29) is 11.7 Å². The normalized spacial score (nSPS) is 10.6. The summed E-state index contributed by atoms with van der Waals surface area (Å²) < 4.78 is 10.3. The van der Waals surface area contributed by atoms with Crippen LogP contribution in [0.4, 0.5) is 4.79 Å². The van der Waals surface area contributed by atoms with Crippen molar-refractivity contribution in [1.29, 1.82) is 0 Å². The fourth-order valence-electron chi connectivity index (χ4n) is 2.02. The quantitative estimate of drug-likeness (QED) is 0.462. The Balaban J connectivity index is 1.73. The molecule has 8 nitrogen and oxygen atoms in total. The number of amides is 3. The topological polar surface area (TPSA) is 105 Å². The van der Waals surface area contributed by atoms with Gasteiger partial charge in [-0.3, -0.25) is 10.1 Å². The van der Waals surface area contributed by atoms with Gasteiger partial charge in [0.05, 0.1) is 23.9 Å². The Kier molecular flexibility index (Phi) is 7.55. The summed E-state index contributed by atoms with van der Waals surface area (Å²) in [6, 6.07) is 4.99. The van der Waals surface area contributed by atoms with Crippen LogP contribution in [0.25, 0.3) is 11.0 Å². The first-order valence-electron chi connectivity index (χ1n) is 7.94. The van der Waals surface area contributed by atoms with E-state index >= 15 is 0 Å². The van der Waals surface area contributed by atoms with Crippen LogP contribution in [-0.2, 0) is 9.53 Å². The van der Waals surface area contributed by atoms with Crippen LogP contribution >= 0.6 is 11.8 Å². The van der Waals surface area contributed by atoms with Crippen LogP contribution in [0.2, 0.25) is 0 Å². The van der Waals surface area contributed by atoms with Crippen molar-refractivity contribution in [3.63, 3.8) is 0 Å². The van der Waals surface area contributed by atoms with Gasteiger partial charge in [0.2, 0.25) is 5.91 Å². The monoisotopic (exact) mass is 366 g/mol. The summed E-state index contributed by atoms with van der Waals surface area (Å²) >= 11 is 1.23. The molecule has 1 aromatic heterocycles. The maximum atomic E-state index is 11.8. The van der Waals surface area contributed by atoms with Crippen molar-refractivity contribution in [2.45, 2.75) is 18.5 Å². The predicted octanol–water partition coefficient (Wildman–Crippen LogP) is 1.92. The lowest BCUT2D eigenvalue weighted by molar-refractivity contribution is -0.117. The van der Waals surface area contributed by atoms with E-state index in [1.165, 1.54) is 11.8 Å². The van der Waals surface area contributed by atoms with Gasteiger partial charge in [-0.25, -0.2) is 9.78 Å². The smallest absolute Gasteiger partial charge is 0.321 e. The predicted molar refractivity (Wildman–Crippen MR) is 96.0 cm³/mol. The minimum atomic E-state index is -0.503. The first-order chi connectivity index (χ1) is 12.1. The number of rotatable bonds is 9. The Morgan fingerprint density at radius 2 is 2.20 bits per heavy atom. The molecular weight excluding hydrogens is 344 g/mol. The second kappa shape index (κ2) is 9.90. The molecule has 0 aliphatic heterocycles. The van der Waals surface area contributed by atoms with Crippen molar-refractivity contribution in [3.05, 3.63) is 18.2 Å². The number of methoxy groups -OCH3 is 1. The first-order valence-corrected chi connectivity index (χ1v) is 8.93. The number of fused-ring (bicyclic) bond motifs is 1. The molecule has 0 bridgehead atoms. The van der Waals surface area contributed by atoms with Gasteiger partial charge in [-0.05, 0) is 25.5 Å². The zero-order valence-electron chi connectivity index (χ0n) is 14.3. The molecule has 0 aliphatic carbocycles. The molecule has 136 valence electrons. The molecule has 0 saturated carbocycles. The van der Waals surface area contributed by atoms with Crippen molar-refractivity contribution in [2.24, 2.45) is 0 Å². The van der Waals surface area contributed by atoms with E-state index < -0.39 is 6.03 Å². The minimum Gasteiger partial charge on any atom is -0.497 e. The van der Waals surface area contributed by atoms with Crippen LogP contribution in [0.3, 0.4) is 0 Å². The Hall–Kier alpha value is -2.26. The highest BCUT2D eigenvalue weighted by Crippen LogP contribution is 2.22. The van der Waals surface area contributed by atoms with Gasteiger partial charge < -0.3 is 19.8 Å². The van der Waals surface area contributed by atoms with Crippen LogP contribution in [0.15, 0.2) is 23.4 Å². The molecule has 2 rings (SSSR count). The Morgan fingerprint density at radius 1 is 1.36 bits per heavy atom. The van der Waals surface area contributed by atoms with Crippen LogP contribution in [-0.4, -0.2) is 54.5 Å². The van der Waals surface area contributed by atoms with E-state index in [4.69, 9.17) is 9.47 Å². The molecule has 0 radical (unpaired) electrons. The molecule has 3 N–H and O–H groups in total. The molecule has 0 unspecified atom stereocenters. The van der Waals surface area contributed by atoms with Gasteiger partial charge in [0, 0.05) is 25.8 Å². The lowest BCUT2D eigenvalue weighted by Gasteiger charge is -2.06. The van der Waals surface area contributed by atoms with Gasteiger partial charge in [0.15, 0.2) is 5.16 Å². The third kappa shape index (κ3) is 6.28. The van der Waals surface area contributed by atoms with Crippen molar-refractivity contribution in [2.75, 3.05) is 32.6 Å². The first kappa shape index (κ1) is 19.1. The van der Waals surface area contributed by atoms with Gasteiger partial charge in [-0.2, -0.15) is 0 Å². The maximum Gasteiger partial charge on any atom is 0.321 e. The van der Waals surface area contributed by atoms with Crippen LogP contribution in [0.1, 0.15) is 13.3 Å². The zero-order chi connectivity index (χ0) is 18.1. The van der Waals surface area contributed by atoms with Gasteiger partial charge in [0.1, 0.15) is 5.75 Å². The number of carbonyl (C=O) groups excluding carboxylic acids is 2. The molecule has 9 heteroatoms. The number of hydrogen-bond acceptors (Lipinski definition) is 6. The molecule has 1 aromatic carbocycles. The number of imidazole rings is 1. The fourth-order valence-corrected chi connectivity index (χ4v) is 2.71. The van der Waals surface area contributed by atoms with Crippen molar-refractivity contribution in [3.8, 4) is 5.75 Å². The number of urea groups is 1. The maximum absolute atomic E-state index is 11.8. The molecule has 0 saturated heterocycles. The number of thioether (sulfide) groups is 1. The van der Waals surface area contributed by atoms with E-state index in [2.05, 4.69) is 20.6 Å². The summed E-state index contributed by atoms with van der Waals surface area (Å²) in [5, 5.41) is 5.50. The minimum absolute atomic E-state index is 0.0866. The number of hydrogen-bond donors (Lipinski definition) is 3. The standard InChI is InChI=1S/C16H22N4O4S/c1-3-24-8-4-7-17-15(22)20-14(21)10-25-16-18-12-6-5-11(23-2)9-13(12)19-16/h5-6,9H,3-4,7-8,10H2,1-2H3,(H,18,19)(H2,17,20,21,22). The number of aromatic amines is 1. The molecule has 3 amide bonds. The summed E-state index contributed by atoms with van der Waals surface area (Å²) in [5.74, 6) is 0.431. The van der Waals surface area contributed by atoms with Crippen LogP contribution in [0, 0.1) is 0 Å². The summed E-state index contributed by atoms with van der Waals surface area (Å²) in [6.07, 6.45) is 0.701. The highest BCUT2D eigenvalue weighted by molar-refractivity contribution is 7.99. The Morgan fingerprint density at radius 3 is 2.96 bits per heavy atom. The summed E-state index contributed by atoms with van der Waals surface area (Å²) in [7, 11) is 1.60. The number of nitrogens with one attached hydrogen (secondary N) is 3. The number of benzene rings is 1. The van der Waals surface area contributed by atoms with E-state index in [1.807, 2.05) is 25.1 Å². The van der Waals surface area contributed by atoms with Gasteiger partial charge in [-0.1, -0.05) is 11.8 Å². The highest BCUT2D eigenvalue weighted by Gasteiger charge is 2.10. The largest absolute Gasteiger partial charge is 0.497 e. The summed E-state index contributed by atoms with van der Waals surface area (Å²) in [6.45, 7) is 3.60. The van der Waals surface area contributed by atoms with Crippen molar-refractivity contribution < 1.29 is 19.1 Å². The average Bonchev–Trinajstić information content (AvgIpc) is 3.01. The van der Waals surface area contributed by atoms with E-state index in [1.54, 1.807) is 7.11 Å². The number of nitrogens with zero attached hydrogens (tertiary/aromatic N) is 1. The second-order valence-corrected chi connectivity index (χ2v) is 6.03. The van der Waals surface area contributed by atoms with E-state index in [0.29, 0.717) is 31.3 Å². The van der Waals surface area contributed by atoms with Crippen LogP contribution in [0.5, 0.6) is 5.75 Å². The Bertz CT molecular complexity index is 719. The second-order valence-electron chi connectivity index (χ2n) is 5.07. The number of H-pyrrole nitrogens is 1. The van der Waals surface area contributed by atoms with E-state index in [0.717, 1.165) is 16.8 Å². The third-order valence-corrected chi connectivity index (χ3v) is 4.09. The van der Waals surface area contributed by atoms with Gasteiger partial charge >= 0.3 is 6.03 Å². The number of imide groups is 1. The van der Waals surface area contributed by atoms with Crippen molar-refractivity contribution in [1.82, 2.24) is 20.6 Å². The molecule has 0 atom stereocenters. The Labute approximate surface area is 150 Å². The van der Waals surface area contributed by atoms with Crippen LogP contribution < -0.4 is 15.4 Å². The van der Waals surface area contributed by atoms with Gasteiger partial charge in [-0.15, -0.1) is 0 Å². The lowest BCUT2D eigenvalue weighted by Crippen LogP contribution is -2.40. The average molecular weight is 366 g/mol. The van der Waals surface area contributed by atoms with Gasteiger partial charge in [0.25, 0.3) is 0 Å². The molecular formula is C16H22N4O4S. The summed E-state index contributed by atoms with van der Waals surface area (Å²) in [5.41, 5.74) is 1.62. The van der Waals surface area contributed by atoms with Crippen molar-refractivity contribution >= 4 is 34.7 Å². The highest BCUT2D eigenvalue weighted by atomic mass is 32.2. The molecule has 2 aromatic rings. The third-order valence-electron chi connectivity index (χ3n) is 3.22. The number of aromatic nitrogens is 2. The zero-order valence-corrected chi connectivity index (χ0v) is 15.1. The molecule has 0 aliphatic rings. The fraction of sp³-hybridized carbons (Fsp3) is 0.438. The number of carbonyl (C=O) groups is 2. The summed E-state index contributed by atoms with van der Waals surface area (Å²) in [4.78, 5) is 30.9. The molecule has 1 heterocycles.